The monoisotopic (exact) mass is 387 g/mol. The summed E-state index contributed by atoms with van der Waals surface area (Å²) in [5.74, 6) is 1.98. The summed E-state index contributed by atoms with van der Waals surface area (Å²) in [6.45, 7) is 0. The molecule has 0 fully saturated rings. The van der Waals surface area contributed by atoms with Crippen molar-refractivity contribution >= 4 is 34.9 Å². The fourth-order valence-electron chi connectivity index (χ4n) is 2.21. The second-order valence-electron chi connectivity index (χ2n) is 5.16. The van der Waals surface area contributed by atoms with E-state index in [1.807, 2.05) is 30.3 Å². The van der Waals surface area contributed by atoms with E-state index >= 15 is 0 Å². The molecule has 26 heavy (non-hydrogen) atoms. The maximum atomic E-state index is 12.2. The van der Waals surface area contributed by atoms with Gasteiger partial charge in [0.2, 0.25) is 5.91 Å². The fourth-order valence-corrected chi connectivity index (χ4v) is 3.63. The van der Waals surface area contributed by atoms with Gasteiger partial charge in [-0.15, -0.1) is 0 Å². The summed E-state index contributed by atoms with van der Waals surface area (Å²) < 4.78 is 15.5. The van der Waals surface area contributed by atoms with Crippen LogP contribution in [0, 0.1) is 0 Å². The number of ether oxygens (including phenoxy) is 2. The molecule has 0 radical (unpaired) electrons. The van der Waals surface area contributed by atoms with Crippen LogP contribution in [0.25, 0.3) is 11.4 Å². The lowest BCUT2D eigenvalue weighted by Crippen LogP contribution is -2.14. The molecule has 0 saturated heterocycles. The molecule has 1 heterocycles. The zero-order valence-corrected chi connectivity index (χ0v) is 15.9. The van der Waals surface area contributed by atoms with E-state index in [1.54, 1.807) is 32.4 Å². The fraction of sp³-hybridized carbons (Fsp3) is 0.167. The largest absolute Gasteiger partial charge is 0.493 e. The molecule has 3 rings (SSSR count). The Kier molecular flexibility index (Phi) is 6.08. The second-order valence-corrected chi connectivity index (χ2v) is 7.13. The molecule has 0 bridgehead atoms. The summed E-state index contributed by atoms with van der Waals surface area (Å²) in [7, 11) is 3.12. The molecule has 1 N–H and O–H groups in total. The SMILES string of the molecule is COc1ccc(NC(=O)CSc2nc(-c3ccccc3)ns2)cc1OC. The first-order valence-corrected chi connectivity index (χ1v) is 9.49. The van der Waals surface area contributed by atoms with Crippen LogP contribution in [0.1, 0.15) is 0 Å². The van der Waals surface area contributed by atoms with Crippen molar-refractivity contribution in [2.45, 2.75) is 4.34 Å². The summed E-state index contributed by atoms with van der Waals surface area (Å²) in [5, 5.41) is 2.84. The molecular weight excluding hydrogens is 370 g/mol. The summed E-state index contributed by atoms with van der Waals surface area (Å²) in [6, 6.07) is 15.0. The average molecular weight is 387 g/mol. The predicted octanol–water partition coefficient (Wildman–Crippen LogP) is 3.95. The highest BCUT2D eigenvalue weighted by Crippen LogP contribution is 2.30. The average Bonchev–Trinajstić information content (AvgIpc) is 3.16. The molecule has 0 saturated carbocycles. The number of aromatic nitrogens is 2. The van der Waals surface area contributed by atoms with Crippen molar-refractivity contribution in [3.63, 3.8) is 0 Å². The Balaban J connectivity index is 1.57. The molecule has 8 heteroatoms. The number of amides is 1. The number of nitrogens with one attached hydrogen (secondary N) is 1. The van der Waals surface area contributed by atoms with Crippen LogP contribution < -0.4 is 14.8 Å². The Hall–Kier alpha value is -2.58. The van der Waals surface area contributed by atoms with Gasteiger partial charge in [-0.05, 0) is 23.7 Å². The van der Waals surface area contributed by atoms with E-state index in [9.17, 15) is 4.79 Å². The van der Waals surface area contributed by atoms with Gasteiger partial charge in [0.15, 0.2) is 21.7 Å². The maximum Gasteiger partial charge on any atom is 0.234 e. The molecule has 0 unspecified atom stereocenters. The van der Waals surface area contributed by atoms with Gasteiger partial charge in [-0.3, -0.25) is 4.79 Å². The van der Waals surface area contributed by atoms with Crippen LogP contribution >= 0.6 is 23.3 Å². The summed E-state index contributed by atoms with van der Waals surface area (Å²) in [5.41, 5.74) is 1.61. The third-order valence-corrected chi connectivity index (χ3v) is 5.27. The first kappa shape index (κ1) is 18.2. The third kappa shape index (κ3) is 4.53. The lowest BCUT2D eigenvalue weighted by Gasteiger charge is -2.10. The maximum absolute atomic E-state index is 12.2. The van der Waals surface area contributed by atoms with Crippen LogP contribution in [0.4, 0.5) is 5.69 Å². The van der Waals surface area contributed by atoms with E-state index < -0.39 is 0 Å². The van der Waals surface area contributed by atoms with Crippen molar-refractivity contribution in [1.29, 1.82) is 0 Å². The van der Waals surface area contributed by atoms with Gasteiger partial charge < -0.3 is 14.8 Å². The predicted molar refractivity (Wildman–Crippen MR) is 104 cm³/mol. The molecule has 6 nitrogen and oxygen atoms in total. The number of hydrogen-bond acceptors (Lipinski definition) is 7. The van der Waals surface area contributed by atoms with Crippen molar-refractivity contribution in [2.75, 3.05) is 25.3 Å². The van der Waals surface area contributed by atoms with E-state index in [2.05, 4.69) is 14.7 Å². The molecule has 0 atom stereocenters. The number of hydrogen-bond donors (Lipinski definition) is 1. The minimum Gasteiger partial charge on any atom is -0.493 e. The number of thioether (sulfide) groups is 1. The number of carbonyl (C=O) groups excluding carboxylic acids is 1. The topological polar surface area (TPSA) is 73.3 Å². The molecule has 134 valence electrons. The summed E-state index contributed by atoms with van der Waals surface area (Å²) in [6.07, 6.45) is 0. The molecule has 0 spiro atoms. The van der Waals surface area contributed by atoms with Crippen molar-refractivity contribution in [2.24, 2.45) is 0 Å². The van der Waals surface area contributed by atoms with Crippen LogP contribution in [0.5, 0.6) is 11.5 Å². The number of rotatable bonds is 7. The number of anilines is 1. The highest BCUT2D eigenvalue weighted by atomic mass is 32.2. The van der Waals surface area contributed by atoms with Crippen molar-refractivity contribution in [3.05, 3.63) is 48.5 Å². The van der Waals surface area contributed by atoms with Gasteiger partial charge in [0.05, 0.1) is 20.0 Å². The van der Waals surface area contributed by atoms with Gasteiger partial charge in [0.1, 0.15) is 0 Å². The Labute approximate surface area is 159 Å². The van der Waals surface area contributed by atoms with Gasteiger partial charge >= 0.3 is 0 Å². The van der Waals surface area contributed by atoms with E-state index in [4.69, 9.17) is 9.47 Å². The lowest BCUT2D eigenvalue weighted by molar-refractivity contribution is -0.113. The molecule has 1 aromatic heterocycles. The molecular formula is C18H17N3O3S2. The standard InChI is InChI=1S/C18H17N3O3S2/c1-23-14-9-8-13(10-15(14)24-2)19-16(22)11-25-18-20-17(21-26-18)12-6-4-3-5-7-12/h3-10H,11H2,1-2H3,(H,19,22). The van der Waals surface area contributed by atoms with Gasteiger partial charge in [0, 0.05) is 17.3 Å². The van der Waals surface area contributed by atoms with Crippen LogP contribution in [0.15, 0.2) is 52.9 Å². The second kappa shape index (κ2) is 8.68. The molecule has 2 aromatic carbocycles. The van der Waals surface area contributed by atoms with Gasteiger partial charge in [0.25, 0.3) is 0 Å². The molecule has 0 aliphatic rings. The Morgan fingerprint density at radius 2 is 1.88 bits per heavy atom. The summed E-state index contributed by atoms with van der Waals surface area (Å²) in [4.78, 5) is 16.6. The minimum atomic E-state index is -0.126. The Morgan fingerprint density at radius 1 is 1.12 bits per heavy atom. The quantitative estimate of drug-likeness (QED) is 0.619. The van der Waals surface area contributed by atoms with Gasteiger partial charge in [-0.1, -0.05) is 42.1 Å². The number of methoxy groups -OCH3 is 2. The van der Waals surface area contributed by atoms with E-state index in [-0.39, 0.29) is 11.7 Å². The molecule has 0 aliphatic carbocycles. The van der Waals surface area contributed by atoms with Crippen molar-refractivity contribution in [3.8, 4) is 22.9 Å². The zero-order valence-electron chi connectivity index (χ0n) is 14.3. The van der Waals surface area contributed by atoms with E-state index in [0.29, 0.717) is 23.0 Å². The van der Waals surface area contributed by atoms with Crippen molar-refractivity contribution in [1.82, 2.24) is 9.36 Å². The first-order valence-electron chi connectivity index (χ1n) is 7.73. The Morgan fingerprint density at radius 3 is 2.62 bits per heavy atom. The minimum absolute atomic E-state index is 0.126. The first-order chi connectivity index (χ1) is 12.7. The van der Waals surface area contributed by atoms with Crippen molar-refractivity contribution < 1.29 is 14.3 Å². The summed E-state index contributed by atoms with van der Waals surface area (Å²) >= 11 is 2.65. The highest BCUT2D eigenvalue weighted by Gasteiger charge is 2.11. The normalized spacial score (nSPS) is 10.4. The number of carbonyl (C=O) groups is 1. The van der Waals surface area contributed by atoms with Crippen LogP contribution in [-0.4, -0.2) is 35.2 Å². The lowest BCUT2D eigenvalue weighted by atomic mass is 10.2. The zero-order chi connectivity index (χ0) is 18.4. The third-order valence-electron chi connectivity index (χ3n) is 3.43. The Bertz CT molecular complexity index is 884. The van der Waals surface area contributed by atoms with Crippen LogP contribution in [-0.2, 0) is 4.79 Å². The van der Waals surface area contributed by atoms with Gasteiger partial charge in [-0.2, -0.15) is 4.37 Å². The molecule has 1 amide bonds. The number of nitrogens with zero attached hydrogens (tertiary/aromatic N) is 2. The molecule has 3 aromatic rings. The van der Waals surface area contributed by atoms with Crippen LogP contribution in [0.3, 0.4) is 0 Å². The van der Waals surface area contributed by atoms with E-state index in [1.165, 1.54) is 23.3 Å². The smallest absolute Gasteiger partial charge is 0.234 e. The van der Waals surface area contributed by atoms with Gasteiger partial charge in [-0.25, -0.2) is 4.98 Å². The highest BCUT2D eigenvalue weighted by molar-refractivity contribution is 8.01. The van der Waals surface area contributed by atoms with E-state index in [0.717, 1.165) is 9.90 Å². The van der Waals surface area contributed by atoms with Crippen LogP contribution in [0.2, 0.25) is 0 Å². The molecule has 0 aliphatic heterocycles. The number of benzene rings is 2.